The van der Waals surface area contributed by atoms with Gasteiger partial charge in [0.25, 0.3) is 0 Å². The monoisotopic (exact) mass is 336 g/mol. The van der Waals surface area contributed by atoms with E-state index in [1.54, 1.807) is 0 Å². The van der Waals surface area contributed by atoms with Gasteiger partial charge in [0.1, 0.15) is 0 Å². The van der Waals surface area contributed by atoms with Crippen molar-refractivity contribution in [3.8, 4) is 0 Å². The molecule has 6 heteroatoms. The molecule has 0 bridgehead atoms. The molecule has 0 saturated heterocycles. The SMILES string of the molecule is [Y].[Y].[c-]1c2ncoc2[c-]c2ocnc12. The first-order chi connectivity index (χ1) is 5.93. The van der Waals surface area contributed by atoms with Crippen LogP contribution in [0.2, 0.25) is 0 Å². The second-order valence-electron chi connectivity index (χ2n) is 2.31. The van der Waals surface area contributed by atoms with E-state index in [1.807, 2.05) is 0 Å². The summed E-state index contributed by atoms with van der Waals surface area (Å²) in [5, 5.41) is 0. The summed E-state index contributed by atoms with van der Waals surface area (Å²) in [6, 6.07) is 5.81. The number of rotatable bonds is 0. The van der Waals surface area contributed by atoms with Gasteiger partial charge in [0.05, 0.1) is 0 Å². The molecular weight excluding hydrogens is 334 g/mol. The quantitative estimate of drug-likeness (QED) is 0.585. The van der Waals surface area contributed by atoms with Crippen molar-refractivity contribution >= 4 is 22.2 Å². The average molecular weight is 336 g/mol. The maximum atomic E-state index is 5.01. The number of hydrogen-bond donors (Lipinski definition) is 0. The molecular formula is C8H2N2O2Y2-2. The third-order valence-electron chi connectivity index (χ3n) is 1.60. The van der Waals surface area contributed by atoms with E-state index in [9.17, 15) is 0 Å². The van der Waals surface area contributed by atoms with Crippen molar-refractivity contribution in [1.29, 1.82) is 0 Å². The van der Waals surface area contributed by atoms with Gasteiger partial charge in [-0.25, -0.2) is 6.07 Å². The molecule has 0 fully saturated rings. The predicted octanol–water partition coefficient (Wildman–Crippen LogP) is 1.56. The van der Waals surface area contributed by atoms with E-state index in [1.165, 1.54) is 12.8 Å². The smallest absolute Gasteiger partial charge is 0.151 e. The van der Waals surface area contributed by atoms with E-state index >= 15 is 0 Å². The van der Waals surface area contributed by atoms with Crippen molar-refractivity contribution in [2.75, 3.05) is 0 Å². The van der Waals surface area contributed by atoms with Gasteiger partial charge in [-0.1, -0.05) is 11.2 Å². The first-order valence-corrected chi connectivity index (χ1v) is 3.34. The number of oxazole rings is 2. The number of fused-ring (bicyclic) bond motifs is 2. The maximum absolute atomic E-state index is 5.01. The zero-order chi connectivity index (χ0) is 7.97. The molecule has 2 aromatic heterocycles. The van der Waals surface area contributed by atoms with E-state index in [0.29, 0.717) is 22.2 Å². The first kappa shape index (κ1) is 12.4. The summed E-state index contributed by atoms with van der Waals surface area (Å²) in [6.07, 6.45) is 2.69. The number of aromatic nitrogens is 2. The van der Waals surface area contributed by atoms with Crippen molar-refractivity contribution < 1.29 is 74.3 Å². The molecule has 14 heavy (non-hydrogen) atoms. The van der Waals surface area contributed by atoms with Gasteiger partial charge in [-0.3, -0.25) is 6.07 Å². The summed E-state index contributed by atoms with van der Waals surface area (Å²) in [4.78, 5) is 7.83. The van der Waals surface area contributed by atoms with Crippen molar-refractivity contribution in [2.24, 2.45) is 0 Å². The number of hydrogen-bond acceptors (Lipinski definition) is 4. The minimum Gasteiger partial charge on any atom is -0.533 e. The molecule has 1 aromatic carbocycles. The molecule has 0 atom stereocenters. The molecule has 0 spiro atoms. The molecule has 4 nitrogen and oxygen atoms in total. The standard InChI is InChI=1S/C8H2N2O2.2Y/c1-5-7(11-3-9-5)2-8-6(1)10-4-12-8;;/h3-4H;;/q-2;;. The van der Waals surface area contributed by atoms with Gasteiger partial charge in [-0.15, -0.1) is 11.0 Å². The summed E-state index contributed by atoms with van der Waals surface area (Å²) in [5.41, 5.74) is 2.33. The van der Waals surface area contributed by atoms with Crippen LogP contribution in [0.5, 0.6) is 0 Å². The Morgan fingerprint density at radius 1 is 0.857 bits per heavy atom. The van der Waals surface area contributed by atoms with Crippen LogP contribution in [0.3, 0.4) is 0 Å². The topological polar surface area (TPSA) is 52.1 Å². The van der Waals surface area contributed by atoms with Crippen LogP contribution < -0.4 is 0 Å². The summed E-state index contributed by atoms with van der Waals surface area (Å²) in [7, 11) is 0. The molecule has 2 radical (unpaired) electrons. The second-order valence-corrected chi connectivity index (χ2v) is 2.31. The Morgan fingerprint density at radius 3 is 1.86 bits per heavy atom. The van der Waals surface area contributed by atoms with Gasteiger partial charge >= 0.3 is 0 Å². The van der Waals surface area contributed by atoms with Gasteiger partial charge < -0.3 is 18.8 Å². The van der Waals surface area contributed by atoms with Crippen LogP contribution in [0, 0.1) is 12.1 Å². The van der Waals surface area contributed by atoms with Gasteiger partial charge in [-0.2, -0.15) is 0 Å². The first-order valence-electron chi connectivity index (χ1n) is 3.34. The Morgan fingerprint density at radius 2 is 1.36 bits per heavy atom. The maximum Gasteiger partial charge on any atom is 0.151 e. The molecule has 3 aromatic rings. The molecule has 2 heterocycles. The van der Waals surface area contributed by atoms with Gasteiger partial charge in [0, 0.05) is 65.4 Å². The summed E-state index contributed by atoms with van der Waals surface area (Å²) in [6.45, 7) is 0. The van der Waals surface area contributed by atoms with Gasteiger partial charge in [0.2, 0.25) is 0 Å². The average Bonchev–Trinajstić information content (AvgIpc) is 2.64. The normalized spacial score (nSPS) is 9.71. The van der Waals surface area contributed by atoms with Gasteiger partial charge in [-0.05, 0) is 0 Å². The largest absolute Gasteiger partial charge is 0.533 e. The van der Waals surface area contributed by atoms with Crippen LogP contribution in [0.15, 0.2) is 21.6 Å². The molecule has 0 aliphatic heterocycles. The fourth-order valence-electron chi connectivity index (χ4n) is 1.06. The molecule has 0 aliphatic carbocycles. The molecule has 3 rings (SSSR count). The zero-order valence-electron chi connectivity index (χ0n) is 7.02. The summed E-state index contributed by atoms with van der Waals surface area (Å²) >= 11 is 0. The van der Waals surface area contributed by atoms with Crippen molar-refractivity contribution in [3.63, 3.8) is 0 Å². The zero-order valence-corrected chi connectivity index (χ0v) is 12.7. The molecule has 0 saturated carbocycles. The summed E-state index contributed by atoms with van der Waals surface area (Å²) < 4.78 is 10.0. The van der Waals surface area contributed by atoms with Crippen LogP contribution in [0.1, 0.15) is 0 Å². The van der Waals surface area contributed by atoms with Crippen molar-refractivity contribution in [2.45, 2.75) is 0 Å². The van der Waals surface area contributed by atoms with Crippen LogP contribution in [-0.4, -0.2) is 9.97 Å². The van der Waals surface area contributed by atoms with Crippen molar-refractivity contribution in [3.05, 3.63) is 24.9 Å². The van der Waals surface area contributed by atoms with Crippen LogP contribution in [-0.2, 0) is 65.4 Å². The minimum atomic E-state index is 0. The molecule has 0 amide bonds. The van der Waals surface area contributed by atoms with Crippen molar-refractivity contribution in [1.82, 2.24) is 9.97 Å². The molecule has 0 N–H and O–H groups in total. The number of benzene rings is 1. The Bertz CT molecular complexity index is 455. The van der Waals surface area contributed by atoms with Crippen LogP contribution in [0.25, 0.3) is 22.2 Å². The third kappa shape index (κ3) is 1.99. The predicted molar refractivity (Wildman–Crippen MR) is 39.2 cm³/mol. The second kappa shape index (κ2) is 4.93. The van der Waals surface area contributed by atoms with E-state index in [2.05, 4.69) is 22.1 Å². The minimum absolute atomic E-state index is 0. The molecule has 0 unspecified atom stereocenters. The molecule has 64 valence electrons. The van der Waals surface area contributed by atoms with Gasteiger partial charge in [0.15, 0.2) is 12.8 Å². The van der Waals surface area contributed by atoms with Crippen LogP contribution in [0.4, 0.5) is 0 Å². The Labute approximate surface area is 130 Å². The van der Waals surface area contributed by atoms with E-state index in [-0.39, 0.29) is 65.4 Å². The fraction of sp³-hybridized carbons (Fsp3) is 0. The third-order valence-corrected chi connectivity index (χ3v) is 1.60. The van der Waals surface area contributed by atoms with E-state index in [0.717, 1.165) is 0 Å². The summed E-state index contributed by atoms with van der Waals surface area (Å²) in [5.74, 6) is 0. The Balaban J connectivity index is 0.000000490. The fourth-order valence-corrected chi connectivity index (χ4v) is 1.06. The van der Waals surface area contributed by atoms with E-state index < -0.39 is 0 Å². The molecule has 0 aliphatic rings. The van der Waals surface area contributed by atoms with Crippen LogP contribution >= 0.6 is 0 Å². The Hall–Kier alpha value is 0.368. The Kier molecular flexibility index (Phi) is 4.38. The van der Waals surface area contributed by atoms with E-state index in [4.69, 9.17) is 8.83 Å². The number of nitrogens with zero attached hydrogens (tertiary/aromatic N) is 2.